The fraction of sp³-hybridized carbons (Fsp3) is 0. The number of hydrogen-bond acceptors (Lipinski definition) is 19. The molecule has 0 saturated carbocycles. The second kappa shape index (κ2) is 129. The van der Waals surface area contributed by atoms with Gasteiger partial charge in [0.05, 0.1) is 0 Å². The van der Waals surface area contributed by atoms with E-state index in [1.807, 2.05) is 0 Å². The third-order valence-electron chi connectivity index (χ3n) is 0.556. The van der Waals surface area contributed by atoms with E-state index in [0.29, 0.717) is 0 Å². The van der Waals surface area contributed by atoms with Gasteiger partial charge in [-0.1, -0.05) is 0 Å². The van der Waals surface area contributed by atoms with Crippen molar-refractivity contribution in [3.63, 3.8) is 0 Å². The van der Waals surface area contributed by atoms with Gasteiger partial charge in [0, 0.05) is 0 Å². The Hall–Kier alpha value is 1.89. The molecule has 0 spiro atoms. The first-order chi connectivity index (χ1) is 16.1. The van der Waals surface area contributed by atoms with Gasteiger partial charge < -0.3 is 0 Å². The molecule has 0 amide bonds. The van der Waals surface area contributed by atoms with Gasteiger partial charge in [0.15, 0.2) is 0 Å². The predicted molar refractivity (Wildman–Crippen MR) is 95.6 cm³/mol. The molecule has 0 unspecified atom stereocenters. The van der Waals surface area contributed by atoms with Crippen LogP contribution in [0.15, 0.2) is 0 Å². The summed E-state index contributed by atoms with van der Waals surface area (Å²) in [6.07, 6.45) is 0. The molecule has 0 heterocycles. The van der Waals surface area contributed by atoms with Crippen LogP contribution in [-0.2, 0) is 75.6 Å². The van der Waals surface area contributed by atoms with Crippen LogP contribution in [0.4, 0.5) is 0 Å². The van der Waals surface area contributed by atoms with E-state index in [1.54, 1.807) is 0 Å². The minimum absolute atomic E-state index is 0.0625. The molecule has 152 valence electrons. The third kappa shape index (κ3) is 244. The number of rotatable bonds is 10. The molecule has 19 nitrogen and oxygen atoms in total. The summed E-state index contributed by atoms with van der Waals surface area (Å²) in [7, 11) is 0.625. The summed E-state index contributed by atoms with van der Waals surface area (Å²) in [6, 6.07) is 0. The van der Waals surface area contributed by atoms with Crippen molar-refractivity contribution in [3.05, 3.63) is 0 Å². The second-order valence-corrected chi connectivity index (χ2v) is 1.64. The van der Waals surface area contributed by atoms with E-state index in [9.17, 15) is 0 Å². The van der Waals surface area contributed by atoms with Crippen LogP contribution in [0.5, 0.6) is 0 Å². The van der Waals surface area contributed by atoms with Gasteiger partial charge in [-0.25, -0.2) is 0 Å². The molecule has 0 saturated heterocycles. The van der Waals surface area contributed by atoms with Crippen LogP contribution in [0.25, 0.3) is 0 Å². The monoisotopic (exact) mass is 574 g/mol. The van der Waals surface area contributed by atoms with Crippen molar-refractivity contribution in [2.24, 2.45) is 0 Å². The van der Waals surface area contributed by atoms with Gasteiger partial charge in [-0.15, -0.1) is 0 Å². The topological polar surface area (TPSA) is 285 Å². The molecule has 0 fully saturated rings. The van der Waals surface area contributed by atoms with E-state index in [-0.39, 0.29) is 217 Å². The van der Waals surface area contributed by atoms with E-state index < -0.39 is 0 Å². The molecule has 0 radical (unpaired) electrons. The van der Waals surface area contributed by atoms with Gasteiger partial charge in [-0.3, -0.25) is 0 Å². The first-order valence-corrected chi connectivity index (χ1v) is 9.47. The zero-order valence-electron chi connectivity index (χ0n) is 16.4. The molecule has 0 aliphatic carbocycles. The molecule has 0 aliphatic rings. The average molecular weight is 572 g/mol. The Bertz CT molecular complexity index is 318. The molecule has 0 aromatic carbocycles. The van der Waals surface area contributed by atoms with Crippen LogP contribution in [0.1, 0.15) is 0 Å². The molecule has 33 heteroatoms. The second-order valence-electron chi connectivity index (χ2n) is 1.64. The van der Waals surface area contributed by atoms with E-state index in [0.717, 1.165) is 0 Å². The van der Waals surface area contributed by atoms with Crippen molar-refractivity contribution in [3.8, 4) is 0 Å². The summed E-state index contributed by atoms with van der Waals surface area (Å²) < 4.78 is 140. The Kier molecular flexibility index (Phi) is 233. The molecular formula is B10Ca4O19. The zero-order chi connectivity index (χ0) is 28.6. The Morgan fingerprint density at radius 2 is 0.303 bits per heavy atom. The van der Waals surface area contributed by atoms with E-state index >= 15 is 0 Å². The van der Waals surface area contributed by atoms with Gasteiger partial charge >= 0.3 is 293 Å². The Morgan fingerprint density at radius 1 is 0.242 bits per heavy atom. The molecule has 0 aliphatic heterocycles. The first-order valence-electron chi connectivity index (χ1n) is 5.87. The fourth-order valence-corrected chi connectivity index (χ4v) is 0.113. The van der Waals surface area contributed by atoms with Crippen LogP contribution in [0, 0.1) is 0 Å². The van der Waals surface area contributed by atoms with Crippen molar-refractivity contribution in [1.82, 2.24) is 0 Å². The number of hydrogen-bond donors (Lipinski definition) is 0. The molecule has 0 bridgehead atoms. The van der Waals surface area contributed by atoms with Gasteiger partial charge in [-0.05, 0) is 0 Å². The third-order valence-corrected chi connectivity index (χ3v) is 0.556. The van der Waals surface area contributed by atoms with Crippen molar-refractivity contribution in [2.75, 3.05) is 0 Å². The van der Waals surface area contributed by atoms with Crippen molar-refractivity contribution in [1.29, 1.82) is 0 Å². The molecule has 0 aromatic rings. The molecule has 0 N–H and O–H groups in total. The first kappa shape index (κ1) is 59.8. The summed E-state index contributed by atoms with van der Waals surface area (Å²) in [4.78, 5) is 0. The van der Waals surface area contributed by atoms with Gasteiger partial charge in [0.25, 0.3) is 0 Å². The normalized spacial score (nSPS) is 3.76. The molecule has 0 atom stereocenters. The van der Waals surface area contributed by atoms with E-state index in [4.69, 9.17) is 52.8 Å². The van der Waals surface area contributed by atoms with Crippen LogP contribution in [0.2, 0.25) is 0 Å². The van der Waals surface area contributed by atoms with Gasteiger partial charge in [0.1, 0.15) is 0 Å². The molecule has 33 heavy (non-hydrogen) atoms. The summed E-state index contributed by atoms with van der Waals surface area (Å²) in [5.74, 6) is 0. The average Bonchev–Trinajstić information content (AvgIpc) is 2.88. The zero-order valence-corrected chi connectivity index (χ0v) is 25.2. The molecule has 0 aromatic heterocycles. The minimum atomic E-state index is 0.0625. The van der Waals surface area contributed by atoms with Gasteiger partial charge in [0.2, 0.25) is 0 Å². The Balaban J connectivity index is -0.0000000289. The Labute approximate surface area is 287 Å². The fourth-order valence-electron chi connectivity index (χ4n) is 0.113. The Morgan fingerprint density at radius 3 is 0.303 bits per heavy atom. The van der Waals surface area contributed by atoms with Crippen molar-refractivity contribution in [2.45, 2.75) is 0 Å². The summed E-state index contributed by atoms with van der Waals surface area (Å²) in [6.45, 7) is 0. The molecular weight excluding hydrogens is 572 g/mol. The van der Waals surface area contributed by atoms with Crippen molar-refractivity contribution >= 4 is 217 Å². The van der Waals surface area contributed by atoms with Crippen LogP contribution in [0.3, 0.4) is 0 Å². The van der Waals surface area contributed by atoms with E-state index in [1.165, 1.54) is 0 Å². The molecule has 0 rings (SSSR count). The predicted octanol–water partition coefficient (Wildman–Crippen LogP) is -7.34. The SMILES string of the molecule is O=BOB=O.O=BOB=O.O=BOB=O.O=BOB=O.O=BOB=O.[O]=[Ca].[O]=[Ca].[O]=[Ca].[O]=[Ca]. The summed E-state index contributed by atoms with van der Waals surface area (Å²) >= 11 is 0.500. The van der Waals surface area contributed by atoms with Crippen molar-refractivity contribution < 1.29 is 75.6 Å². The van der Waals surface area contributed by atoms with Gasteiger partial charge in [-0.2, -0.15) is 0 Å². The van der Waals surface area contributed by atoms with E-state index in [2.05, 4.69) is 22.9 Å². The maximum absolute atomic E-state index is 8.95. The standard InChI is InChI=1S/5B2O3.4Ca.4O/c5*3-1-5-2-4;;;;;;;;. The van der Waals surface area contributed by atoms with Crippen LogP contribution in [-0.4, -0.2) is 217 Å². The van der Waals surface area contributed by atoms with Crippen LogP contribution >= 0.6 is 0 Å². The van der Waals surface area contributed by atoms with Crippen LogP contribution < -0.4 is 0 Å². The quantitative estimate of drug-likeness (QED) is 0.220. The summed E-state index contributed by atoms with van der Waals surface area (Å²) in [5.41, 5.74) is 0. The summed E-state index contributed by atoms with van der Waals surface area (Å²) in [5, 5.41) is 0. The maximum atomic E-state index is 8.95.